The van der Waals surface area contributed by atoms with Crippen LogP contribution in [0.4, 0.5) is 0 Å². The fraction of sp³-hybridized carbons (Fsp3) is 0.917. The Labute approximate surface area is 122 Å². The molecule has 0 spiro atoms. The molecule has 1 saturated carbocycles. The summed E-state index contributed by atoms with van der Waals surface area (Å²) in [5.74, 6) is -0.0155. The van der Waals surface area contributed by atoms with Gasteiger partial charge in [-0.2, -0.15) is 0 Å². The van der Waals surface area contributed by atoms with Crippen molar-refractivity contribution >= 4 is 30.7 Å². The Hall–Kier alpha value is -0.0300. The number of nitrogens with two attached hydrogens (primary N) is 1. The Bertz CT molecular complexity index is 258. The van der Waals surface area contributed by atoms with Crippen LogP contribution in [0.25, 0.3) is 0 Å². The number of hydrogen-bond donors (Lipinski definition) is 2. The Morgan fingerprint density at radius 2 is 1.89 bits per heavy atom. The van der Waals surface area contributed by atoms with Gasteiger partial charge in [-0.1, -0.05) is 12.8 Å². The minimum absolute atomic E-state index is 0. The van der Waals surface area contributed by atoms with Crippen LogP contribution in [0.1, 0.15) is 39.0 Å². The van der Waals surface area contributed by atoms with Gasteiger partial charge in [-0.3, -0.25) is 9.69 Å². The molecule has 1 aliphatic heterocycles. The number of rotatable bonds is 3. The maximum atomic E-state index is 11.5. The van der Waals surface area contributed by atoms with Crippen molar-refractivity contribution in [2.75, 3.05) is 13.1 Å². The van der Waals surface area contributed by atoms with Gasteiger partial charge in [-0.25, -0.2) is 0 Å². The summed E-state index contributed by atoms with van der Waals surface area (Å²) in [5, 5.41) is 3.03. The lowest BCUT2D eigenvalue weighted by atomic mass is 10.2. The van der Waals surface area contributed by atoms with Crippen molar-refractivity contribution in [1.82, 2.24) is 10.2 Å². The van der Waals surface area contributed by atoms with E-state index in [2.05, 4.69) is 10.2 Å². The number of hydrogen-bond acceptors (Lipinski definition) is 3. The third-order valence-corrected chi connectivity index (χ3v) is 3.82. The van der Waals surface area contributed by atoms with Gasteiger partial charge in [-0.05, 0) is 26.2 Å². The Balaban J connectivity index is 0.00000144. The number of amides is 1. The van der Waals surface area contributed by atoms with Crippen LogP contribution in [0.15, 0.2) is 0 Å². The van der Waals surface area contributed by atoms with Crippen LogP contribution in [-0.2, 0) is 4.79 Å². The molecule has 4 nitrogen and oxygen atoms in total. The molecule has 0 aromatic rings. The van der Waals surface area contributed by atoms with Crippen molar-refractivity contribution in [1.29, 1.82) is 0 Å². The molecule has 2 aliphatic rings. The molecule has 3 N–H and O–H groups in total. The topological polar surface area (TPSA) is 58.4 Å². The molecule has 108 valence electrons. The molecule has 1 aliphatic carbocycles. The van der Waals surface area contributed by atoms with Gasteiger partial charge in [-0.15, -0.1) is 24.8 Å². The van der Waals surface area contributed by atoms with Gasteiger partial charge < -0.3 is 11.1 Å². The second-order valence-corrected chi connectivity index (χ2v) is 5.22. The van der Waals surface area contributed by atoms with Crippen LogP contribution >= 0.6 is 24.8 Å². The number of halogens is 2. The number of nitrogens with zero attached hydrogens (tertiary/aromatic N) is 1. The standard InChI is InChI=1S/C12H23N3O.2ClH/c1-9(13)12(16)14-10-6-7-15(8-10)11-4-2-3-5-11;;/h9-11H,2-8,13H2,1H3,(H,14,16);2*1H/t9-,10?;;/m1../s1. The van der Waals surface area contributed by atoms with E-state index < -0.39 is 0 Å². The van der Waals surface area contributed by atoms with Crippen molar-refractivity contribution in [3.63, 3.8) is 0 Å². The summed E-state index contributed by atoms with van der Waals surface area (Å²) in [6.07, 6.45) is 6.51. The highest BCUT2D eigenvalue weighted by Crippen LogP contribution is 2.26. The van der Waals surface area contributed by atoms with E-state index in [0.29, 0.717) is 6.04 Å². The first-order valence-corrected chi connectivity index (χ1v) is 6.47. The fourth-order valence-corrected chi connectivity index (χ4v) is 2.84. The molecule has 1 amide bonds. The minimum atomic E-state index is -0.388. The number of nitrogens with one attached hydrogen (secondary N) is 1. The number of likely N-dealkylation sites (tertiary alicyclic amines) is 1. The highest BCUT2D eigenvalue weighted by atomic mass is 35.5. The van der Waals surface area contributed by atoms with E-state index in [0.717, 1.165) is 25.6 Å². The first-order valence-electron chi connectivity index (χ1n) is 6.47. The molecule has 2 fully saturated rings. The fourth-order valence-electron chi connectivity index (χ4n) is 2.84. The maximum absolute atomic E-state index is 11.5. The lowest BCUT2D eigenvalue weighted by molar-refractivity contribution is -0.122. The minimum Gasteiger partial charge on any atom is -0.351 e. The Kier molecular flexibility index (Phi) is 8.19. The highest BCUT2D eigenvalue weighted by Gasteiger charge is 2.30. The average Bonchev–Trinajstić information content (AvgIpc) is 2.85. The second kappa shape index (κ2) is 8.20. The van der Waals surface area contributed by atoms with Gasteiger partial charge in [0.2, 0.25) is 5.91 Å². The molecular formula is C12H25Cl2N3O. The summed E-state index contributed by atoms with van der Waals surface area (Å²) < 4.78 is 0. The van der Waals surface area contributed by atoms with E-state index in [-0.39, 0.29) is 36.8 Å². The predicted molar refractivity (Wildman–Crippen MR) is 78.5 cm³/mol. The second-order valence-electron chi connectivity index (χ2n) is 5.22. The Morgan fingerprint density at radius 3 is 2.44 bits per heavy atom. The molecule has 6 heteroatoms. The van der Waals surface area contributed by atoms with Gasteiger partial charge in [0.05, 0.1) is 6.04 Å². The van der Waals surface area contributed by atoms with Gasteiger partial charge >= 0.3 is 0 Å². The van der Waals surface area contributed by atoms with Crippen LogP contribution in [-0.4, -0.2) is 42.0 Å². The predicted octanol–water partition coefficient (Wildman–Crippen LogP) is 1.31. The smallest absolute Gasteiger partial charge is 0.236 e. The van der Waals surface area contributed by atoms with Gasteiger partial charge in [0.1, 0.15) is 0 Å². The zero-order valence-corrected chi connectivity index (χ0v) is 12.6. The molecule has 2 rings (SSSR count). The lowest BCUT2D eigenvalue weighted by Gasteiger charge is -2.23. The lowest BCUT2D eigenvalue weighted by Crippen LogP contribution is -2.45. The van der Waals surface area contributed by atoms with Crippen LogP contribution in [0.2, 0.25) is 0 Å². The molecule has 1 unspecified atom stereocenters. The van der Waals surface area contributed by atoms with Crippen molar-refractivity contribution in [3.05, 3.63) is 0 Å². The van der Waals surface area contributed by atoms with E-state index in [1.165, 1.54) is 25.7 Å². The third-order valence-electron chi connectivity index (χ3n) is 3.82. The summed E-state index contributed by atoms with van der Waals surface area (Å²) in [5.41, 5.74) is 5.55. The van der Waals surface area contributed by atoms with Crippen LogP contribution in [0.3, 0.4) is 0 Å². The number of carbonyl (C=O) groups excluding carboxylic acids is 1. The normalized spacial score (nSPS) is 26.2. The van der Waals surface area contributed by atoms with E-state index >= 15 is 0 Å². The average molecular weight is 298 g/mol. The molecule has 18 heavy (non-hydrogen) atoms. The molecule has 0 bridgehead atoms. The SMILES string of the molecule is C[C@@H](N)C(=O)NC1CCN(C2CCCC2)C1.Cl.Cl. The first-order chi connectivity index (χ1) is 7.66. The zero-order chi connectivity index (χ0) is 11.5. The van der Waals surface area contributed by atoms with Crippen molar-refractivity contribution < 1.29 is 4.79 Å². The zero-order valence-electron chi connectivity index (χ0n) is 10.9. The van der Waals surface area contributed by atoms with Crippen LogP contribution in [0, 0.1) is 0 Å². The van der Waals surface area contributed by atoms with E-state index in [1.807, 2.05) is 0 Å². The monoisotopic (exact) mass is 297 g/mol. The van der Waals surface area contributed by atoms with Crippen molar-refractivity contribution in [2.24, 2.45) is 5.73 Å². The van der Waals surface area contributed by atoms with E-state index in [9.17, 15) is 4.79 Å². The van der Waals surface area contributed by atoms with Crippen molar-refractivity contribution in [2.45, 2.75) is 57.2 Å². The summed E-state index contributed by atoms with van der Waals surface area (Å²) in [6, 6.07) is 0.705. The molecule has 1 saturated heterocycles. The van der Waals surface area contributed by atoms with Crippen LogP contribution < -0.4 is 11.1 Å². The van der Waals surface area contributed by atoms with Crippen molar-refractivity contribution in [3.8, 4) is 0 Å². The van der Waals surface area contributed by atoms with Gasteiger partial charge in [0.15, 0.2) is 0 Å². The Morgan fingerprint density at radius 1 is 1.28 bits per heavy atom. The maximum Gasteiger partial charge on any atom is 0.236 e. The van der Waals surface area contributed by atoms with Gasteiger partial charge in [0.25, 0.3) is 0 Å². The third kappa shape index (κ3) is 4.57. The summed E-state index contributed by atoms with van der Waals surface area (Å²) in [4.78, 5) is 14.0. The van der Waals surface area contributed by atoms with Gasteiger partial charge in [0, 0.05) is 25.2 Å². The van der Waals surface area contributed by atoms with Crippen LogP contribution in [0.5, 0.6) is 0 Å². The number of carbonyl (C=O) groups is 1. The quantitative estimate of drug-likeness (QED) is 0.826. The summed E-state index contributed by atoms with van der Waals surface area (Å²) >= 11 is 0. The van der Waals surface area contributed by atoms with E-state index in [4.69, 9.17) is 5.73 Å². The van der Waals surface area contributed by atoms with E-state index in [1.54, 1.807) is 6.92 Å². The molecule has 0 aromatic heterocycles. The first kappa shape index (κ1) is 18.0. The molecule has 1 heterocycles. The molecule has 0 radical (unpaired) electrons. The molecule has 2 atom stereocenters. The largest absolute Gasteiger partial charge is 0.351 e. The summed E-state index contributed by atoms with van der Waals surface area (Å²) in [6.45, 7) is 3.89. The summed E-state index contributed by atoms with van der Waals surface area (Å²) in [7, 11) is 0. The molecule has 0 aromatic carbocycles. The molecular weight excluding hydrogens is 273 g/mol. The highest BCUT2D eigenvalue weighted by molar-refractivity contribution is 5.85.